The van der Waals surface area contributed by atoms with Gasteiger partial charge in [0.25, 0.3) is 0 Å². The lowest BCUT2D eigenvalue weighted by atomic mass is 9.86. The first kappa shape index (κ1) is 25.8. The van der Waals surface area contributed by atoms with E-state index in [1.54, 1.807) is 6.07 Å². The fourth-order valence-electron chi connectivity index (χ4n) is 2.59. The van der Waals surface area contributed by atoms with Crippen molar-refractivity contribution in [2.75, 3.05) is 25.9 Å². The van der Waals surface area contributed by atoms with Crippen LogP contribution in [-0.2, 0) is 16.6 Å². The number of rotatable bonds is 9. The fourth-order valence-corrected chi connectivity index (χ4v) is 3.60. The molecule has 0 bridgehead atoms. The zero-order chi connectivity index (χ0) is 20.6. The molecule has 0 atom stereocenters. The van der Waals surface area contributed by atoms with Crippen LogP contribution in [0.2, 0.25) is 0 Å². The Balaban J connectivity index is 0.00000420. The predicted octanol–water partition coefficient (Wildman–Crippen LogP) is 2.59. The van der Waals surface area contributed by atoms with Crippen LogP contribution in [0, 0.1) is 5.92 Å². The second kappa shape index (κ2) is 11.8. The highest BCUT2D eigenvalue weighted by Crippen LogP contribution is 2.26. The number of para-hydroxylation sites is 1. The van der Waals surface area contributed by atoms with Crippen molar-refractivity contribution in [3.05, 3.63) is 29.8 Å². The highest BCUT2D eigenvalue weighted by Gasteiger charge is 2.32. The van der Waals surface area contributed by atoms with E-state index in [1.165, 1.54) is 25.2 Å². The van der Waals surface area contributed by atoms with Crippen LogP contribution in [0.3, 0.4) is 0 Å². The number of nitrogens with zero attached hydrogens (tertiary/aromatic N) is 1. The average Bonchev–Trinajstić information content (AvgIpc) is 2.56. The first-order valence-corrected chi connectivity index (χ1v) is 10.6. The zero-order valence-corrected chi connectivity index (χ0v) is 19.1. The van der Waals surface area contributed by atoms with Crippen molar-refractivity contribution in [3.8, 4) is 5.75 Å². The summed E-state index contributed by atoms with van der Waals surface area (Å²) < 4.78 is 67.9. The number of ether oxygens (including phenoxy) is 1. The molecular formula is C17H26F3IN4O3S. The Morgan fingerprint density at radius 3 is 2.52 bits per heavy atom. The quantitative estimate of drug-likeness (QED) is 0.250. The molecule has 1 saturated carbocycles. The van der Waals surface area contributed by atoms with Crippen molar-refractivity contribution in [1.82, 2.24) is 15.4 Å². The summed E-state index contributed by atoms with van der Waals surface area (Å²) in [7, 11) is -1.91. The summed E-state index contributed by atoms with van der Waals surface area (Å²) in [5, 5.41) is 5.68. The number of hydrogen-bond donors (Lipinski definition) is 3. The number of hydrogen-bond acceptors (Lipinski definition) is 4. The molecule has 1 aliphatic carbocycles. The number of halogens is 4. The van der Waals surface area contributed by atoms with Crippen LogP contribution in [0.4, 0.5) is 13.2 Å². The molecule has 1 aliphatic rings. The van der Waals surface area contributed by atoms with Gasteiger partial charge in [-0.2, -0.15) is 0 Å². The summed E-state index contributed by atoms with van der Waals surface area (Å²) in [5.41, 5.74) is 0.289. The standard InChI is InChI=1S/C17H25F3N4O3S.HI/c1-21-16(22-9-10-28(25,26)24-11-13-5-4-6-13)23-12-14-7-2-3-8-15(14)27-17(18,19)20;/h2-3,7-8,13,24H,4-6,9-12H2,1H3,(H2,21,22,23);1H. The minimum absolute atomic E-state index is 0. The van der Waals surface area contributed by atoms with Crippen LogP contribution >= 0.6 is 24.0 Å². The number of aliphatic imine (C=N–C) groups is 1. The van der Waals surface area contributed by atoms with Crippen molar-refractivity contribution < 1.29 is 26.3 Å². The van der Waals surface area contributed by atoms with E-state index in [-0.39, 0.29) is 60.1 Å². The molecule has 7 nitrogen and oxygen atoms in total. The maximum atomic E-state index is 12.5. The van der Waals surface area contributed by atoms with Gasteiger partial charge in [0.2, 0.25) is 10.0 Å². The molecule has 0 aromatic heterocycles. The molecule has 0 radical (unpaired) electrons. The SMILES string of the molecule is CN=C(NCCS(=O)(=O)NCC1CCC1)NCc1ccccc1OC(F)(F)F.I. The van der Waals surface area contributed by atoms with Crippen molar-refractivity contribution in [2.24, 2.45) is 10.9 Å². The van der Waals surface area contributed by atoms with Gasteiger partial charge >= 0.3 is 6.36 Å². The van der Waals surface area contributed by atoms with Crippen molar-refractivity contribution in [2.45, 2.75) is 32.2 Å². The highest BCUT2D eigenvalue weighted by molar-refractivity contribution is 14.0. The maximum absolute atomic E-state index is 12.5. The largest absolute Gasteiger partial charge is 0.573 e. The zero-order valence-electron chi connectivity index (χ0n) is 16.0. The summed E-state index contributed by atoms with van der Waals surface area (Å²) in [6, 6.07) is 5.76. The van der Waals surface area contributed by atoms with E-state index in [0.717, 1.165) is 19.3 Å². The third-order valence-electron chi connectivity index (χ3n) is 4.35. The molecule has 1 aromatic rings. The molecule has 0 amide bonds. The van der Waals surface area contributed by atoms with E-state index in [2.05, 4.69) is 25.1 Å². The highest BCUT2D eigenvalue weighted by atomic mass is 127. The molecule has 0 spiro atoms. The Hall–Kier alpha value is -1.28. The molecule has 12 heteroatoms. The van der Waals surface area contributed by atoms with E-state index >= 15 is 0 Å². The lowest BCUT2D eigenvalue weighted by molar-refractivity contribution is -0.274. The molecule has 0 aliphatic heterocycles. The first-order chi connectivity index (χ1) is 13.2. The number of sulfonamides is 1. The molecule has 0 saturated heterocycles. The van der Waals surface area contributed by atoms with Crippen LogP contribution in [0.15, 0.2) is 29.3 Å². The minimum atomic E-state index is -4.78. The third kappa shape index (κ3) is 9.85. The lowest BCUT2D eigenvalue weighted by Crippen LogP contribution is -2.41. The molecule has 29 heavy (non-hydrogen) atoms. The minimum Gasteiger partial charge on any atom is -0.405 e. The average molecular weight is 550 g/mol. The topological polar surface area (TPSA) is 91.8 Å². The van der Waals surface area contributed by atoms with Gasteiger partial charge in [-0.25, -0.2) is 13.1 Å². The predicted molar refractivity (Wildman–Crippen MR) is 116 cm³/mol. The summed E-state index contributed by atoms with van der Waals surface area (Å²) in [5.74, 6) is 0.265. The Morgan fingerprint density at radius 1 is 1.24 bits per heavy atom. The molecule has 0 heterocycles. The van der Waals surface area contributed by atoms with Gasteiger partial charge in [0.05, 0.1) is 5.75 Å². The number of alkyl halides is 3. The molecule has 1 fully saturated rings. The Labute approximate surface area is 185 Å². The first-order valence-electron chi connectivity index (χ1n) is 8.94. The van der Waals surface area contributed by atoms with Crippen LogP contribution in [0.5, 0.6) is 5.75 Å². The van der Waals surface area contributed by atoms with Crippen LogP contribution in [-0.4, -0.2) is 46.6 Å². The van der Waals surface area contributed by atoms with E-state index in [4.69, 9.17) is 0 Å². The second-order valence-electron chi connectivity index (χ2n) is 6.47. The van der Waals surface area contributed by atoms with E-state index < -0.39 is 16.4 Å². The lowest BCUT2D eigenvalue weighted by Gasteiger charge is -2.25. The molecule has 3 N–H and O–H groups in total. The van der Waals surface area contributed by atoms with Crippen LogP contribution in [0.25, 0.3) is 0 Å². The molecule has 0 unspecified atom stereocenters. The van der Waals surface area contributed by atoms with Crippen molar-refractivity contribution in [1.29, 1.82) is 0 Å². The van der Waals surface area contributed by atoms with Crippen LogP contribution < -0.4 is 20.1 Å². The maximum Gasteiger partial charge on any atom is 0.573 e. The normalized spacial score (nSPS) is 15.2. The van der Waals surface area contributed by atoms with Crippen molar-refractivity contribution in [3.63, 3.8) is 0 Å². The summed E-state index contributed by atoms with van der Waals surface area (Å²) in [6.07, 6.45) is -1.53. The van der Waals surface area contributed by atoms with Gasteiger partial charge in [0.1, 0.15) is 5.75 Å². The Kier molecular flexibility index (Phi) is 10.5. The van der Waals surface area contributed by atoms with Gasteiger partial charge in [-0.3, -0.25) is 4.99 Å². The van der Waals surface area contributed by atoms with Crippen LogP contribution in [0.1, 0.15) is 24.8 Å². The van der Waals surface area contributed by atoms with E-state index in [1.807, 2.05) is 0 Å². The number of benzene rings is 1. The Bertz CT molecular complexity index is 771. The molecule has 2 rings (SSSR count). The third-order valence-corrected chi connectivity index (χ3v) is 5.70. The van der Waals surface area contributed by atoms with Gasteiger partial charge in [0.15, 0.2) is 5.96 Å². The monoisotopic (exact) mass is 550 g/mol. The molecule has 1 aromatic carbocycles. The summed E-state index contributed by atoms with van der Waals surface area (Å²) in [6.45, 7) is 0.601. The summed E-state index contributed by atoms with van der Waals surface area (Å²) >= 11 is 0. The number of nitrogens with one attached hydrogen (secondary N) is 3. The van der Waals surface area contributed by atoms with Gasteiger partial charge in [-0.15, -0.1) is 37.1 Å². The molecular weight excluding hydrogens is 524 g/mol. The van der Waals surface area contributed by atoms with Gasteiger partial charge in [-0.1, -0.05) is 24.6 Å². The van der Waals surface area contributed by atoms with Gasteiger partial charge in [0, 0.05) is 32.2 Å². The van der Waals surface area contributed by atoms with E-state index in [9.17, 15) is 21.6 Å². The van der Waals surface area contributed by atoms with Crippen molar-refractivity contribution >= 4 is 40.0 Å². The van der Waals surface area contributed by atoms with Gasteiger partial charge in [-0.05, 0) is 24.8 Å². The second-order valence-corrected chi connectivity index (χ2v) is 8.40. The van der Waals surface area contributed by atoms with Gasteiger partial charge < -0.3 is 15.4 Å². The fraction of sp³-hybridized carbons (Fsp3) is 0.588. The number of guanidine groups is 1. The Morgan fingerprint density at radius 2 is 1.93 bits per heavy atom. The van der Waals surface area contributed by atoms with E-state index in [0.29, 0.717) is 12.5 Å². The smallest absolute Gasteiger partial charge is 0.405 e. The summed E-state index contributed by atoms with van der Waals surface area (Å²) in [4.78, 5) is 3.94. The molecule has 166 valence electrons.